The van der Waals surface area contributed by atoms with Crippen molar-refractivity contribution in [1.29, 1.82) is 0 Å². The maximum Gasteiger partial charge on any atom is 0.0288 e. The van der Waals surface area contributed by atoms with E-state index >= 15 is 0 Å². The summed E-state index contributed by atoms with van der Waals surface area (Å²) in [6.07, 6.45) is 10.7. The molecule has 0 spiro atoms. The standard InChI is InChI=1S/C41H35/c1-5-28-18-20-34-31(23-28)24-38-37(34)25-39(40(29-13-9-7-10-14-29)30-15-11-8-12-16-30)32(6-2)41(38)36-22-21-33-27(4)26(3)17-19-35(33)36/h7-23,25,36H,5-6H2,1-4H3. The average Bonchev–Trinajstić information content (AvgIpc) is 3.61. The van der Waals surface area contributed by atoms with Crippen molar-refractivity contribution in [2.24, 2.45) is 0 Å². The number of benzene rings is 5. The SMILES string of the molecule is CCc1ccc2c(c1)[C]=c1c-2cc(=C(c2ccccc2)c2ccccc2)c(CC)c1C1C=Cc2c1ccc(C)c2C. The molecule has 1 unspecified atom stereocenters. The van der Waals surface area contributed by atoms with Crippen molar-refractivity contribution in [3.05, 3.63) is 169 Å². The van der Waals surface area contributed by atoms with Crippen LogP contribution in [-0.4, -0.2) is 0 Å². The second kappa shape index (κ2) is 10.2. The first-order valence-corrected chi connectivity index (χ1v) is 15.0. The first kappa shape index (κ1) is 25.5. The number of fused-ring (bicyclic) bond motifs is 4. The van der Waals surface area contributed by atoms with E-state index in [1.165, 1.54) is 82.8 Å². The second-order valence-corrected chi connectivity index (χ2v) is 11.4. The summed E-state index contributed by atoms with van der Waals surface area (Å²) in [5.41, 5.74) is 17.4. The molecule has 0 amide bonds. The van der Waals surface area contributed by atoms with Gasteiger partial charge in [-0.2, -0.15) is 0 Å². The molecule has 0 bridgehead atoms. The van der Waals surface area contributed by atoms with E-state index in [9.17, 15) is 0 Å². The van der Waals surface area contributed by atoms with E-state index in [0.29, 0.717) is 0 Å². The molecule has 0 heteroatoms. The molecule has 5 aromatic carbocycles. The van der Waals surface area contributed by atoms with E-state index in [0.717, 1.165) is 12.8 Å². The van der Waals surface area contributed by atoms with Crippen molar-refractivity contribution in [1.82, 2.24) is 0 Å². The van der Waals surface area contributed by atoms with Crippen molar-refractivity contribution >= 4 is 17.7 Å². The van der Waals surface area contributed by atoms with Gasteiger partial charge in [0.1, 0.15) is 0 Å². The zero-order chi connectivity index (χ0) is 28.1. The summed E-state index contributed by atoms with van der Waals surface area (Å²) in [5.74, 6) is 0.202. The molecule has 199 valence electrons. The van der Waals surface area contributed by atoms with Crippen LogP contribution in [-0.2, 0) is 12.8 Å². The van der Waals surface area contributed by atoms with Gasteiger partial charge in [0, 0.05) is 5.92 Å². The summed E-state index contributed by atoms with van der Waals surface area (Å²) in [6, 6.07) is 35.9. The van der Waals surface area contributed by atoms with Gasteiger partial charge in [-0.05, 0) is 122 Å². The third-order valence-corrected chi connectivity index (χ3v) is 9.19. The van der Waals surface area contributed by atoms with Gasteiger partial charge in [0.15, 0.2) is 0 Å². The monoisotopic (exact) mass is 527 g/mol. The molecule has 0 fully saturated rings. The molecule has 5 aromatic rings. The lowest BCUT2D eigenvalue weighted by atomic mass is 9.82. The van der Waals surface area contributed by atoms with Gasteiger partial charge in [0.05, 0.1) is 0 Å². The Morgan fingerprint density at radius 3 is 2.10 bits per heavy atom. The highest BCUT2D eigenvalue weighted by Crippen LogP contribution is 2.40. The smallest absolute Gasteiger partial charge is 0.0288 e. The van der Waals surface area contributed by atoms with Gasteiger partial charge in [-0.1, -0.05) is 117 Å². The van der Waals surface area contributed by atoms with Crippen LogP contribution in [0, 0.1) is 13.8 Å². The van der Waals surface area contributed by atoms with Crippen LogP contribution >= 0.6 is 0 Å². The van der Waals surface area contributed by atoms with E-state index in [1.807, 2.05) is 0 Å². The predicted octanol–water partition coefficient (Wildman–Crippen LogP) is 8.52. The Balaban J connectivity index is 1.64. The van der Waals surface area contributed by atoms with Gasteiger partial charge in [0.25, 0.3) is 0 Å². The molecule has 0 aromatic heterocycles. The zero-order valence-electron chi connectivity index (χ0n) is 24.4. The van der Waals surface area contributed by atoms with Crippen molar-refractivity contribution < 1.29 is 0 Å². The van der Waals surface area contributed by atoms with Crippen LogP contribution in [0.5, 0.6) is 0 Å². The molecule has 0 nitrogen and oxygen atoms in total. The number of allylic oxidation sites excluding steroid dienone is 1. The van der Waals surface area contributed by atoms with Crippen molar-refractivity contribution in [2.45, 2.75) is 46.5 Å². The number of hydrogen-bond donors (Lipinski definition) is 0. The molecule has 1 radical (unpaired) electrons. The molecule has 2 aliphatic rings. The molecular weight excluding hydrogens is 492 g/mol. The Hall–Kier alpha value is -4.42. The van der Waals surface area contributed by atoms with Crippen LogP contribution in [0.3, 0.4) is 0 Å². The quantitative estimate of drug-likeness (QED) is 0.211. The first-order valence-electron chi connectivity index (χ1n) is 15.0. The maximum absolute atomic E-state index is 3.93. The fourth-order valence-corrected chi connectivity index (χ4v) is 6.91. The Kier molecular flexibility index (Phi) is 6.36. The Labute approximate surface area is 244 Å². The zero-order valence-corrected chi connectivity index (χ0v) is 24.4. The number of rotatable bonds is 5. The summed E-state index contributed by atoms with van der Waals surface area (Å²) in [6.45, 7) is 9.03. The van der Waals surface area contributed by atoms with Crippen LogP contribution < -0.4 is 10.4 Å². The second-order valence-electron chi connectivity index (χ2n) is 11.4. The van der Waals surface area contributed by atoms with Gasteiger partial charge in [-0.25, -0.2) is 0 Å². The lowest BCUT2D eigenvalue weighted by Crippen LogP contribution is -2.27. The highest BCUT2D eigenvalue weighted by Gasteiger charge is 2.28. The van der Waals surface area contributed by atoms with Crippen LogP contribution in [0.25, 0.3) is 28.9 Å². The fraction of sp³-hybridized carbons (Fsp3) is 0.171. The van der Waals surface area contributed by atoms with Crippen LogP contribution in [0.1, 0.15) is 75.4 Å². The molecule has 41 heavy (non-hydrogen) atoms. The summed E-state index contributed by atoms with van der Waals surface area (Å²) in [7, 11) is 0. The summed E-state index contributed by atoms with van der Waals surface area (Å²) in [4.78, 5) is 0. The highest BCUT2D eigenvalue weighted by atomic mass is 14.3. The van der Waals surface area contributed by atoms with E-state index < -0.39 is 0 Å². The lowest BCUT2D eigenvalue weighted by molar-refractivity contribution is 0.965. The molecule has 0 aliphatic heterocycles. The van der Waals surface area contributed by atoms with Gasteiger partial charge in [-0.3, -0.25) is 0 Å². The topological polar surface area (TPSA) is 0 Å². The van der Waals surface area contributed by atoms with Gasteiger partial charge >= 0.3 is 0 Å². The predicted molar refractivity (Wildman–Crippen MR) is 174 cm³/mol. The molecule has 0 N–H and O–H groups in total. The average molecular weight is 528 g/mol. The molecule has 0 heterocycles. The van der Waals surface area contributed by atoms with Gasteiger partial charge in [-0.15, -0.1) is 0 Å². The van der Waals surface area contributed by atoms with Crippen molar-refractivity contribution in [2.75, 3.05) is 0 Å². The molecule has 1 atom stereocenters. The number of aryl methyl sites for hydroxylation is 2. The molecule has 0 saturated carbocycles. The van der Waals surface area contributed by atoms with Crippen LogP contribution in [0.4, 0.5) is 0 Å². The third-order valence-electron chi connectivity index (χ3n) is 9.19. The number of hydrogen-bond acceptors (Lipinski definition) is 0. The Bertz CT molecular complexity index is 1910. The highest BCUT2D eigenvalue weighted by molar-refractivity contribution is 5.88. The fourth-order valence-electron chi connectivity index (χ4n) is 6.91. The van der Waals surface area contributed by atoms with Crippen molar-refractivity contribution in [3.8, 4) is 11.1 Å². The van der Waals surface area contributed by atoms with Crippen LogP contribution in [0.15, 0.2) is 103 Å². The minimum Gasteiger partial charge on any atom is -0.0720 e. The normalized spacial score (nSPS) is 14.4. The van der Waals surface area contributed by atoms with E-state index in [4.69, 9.17) is 0 Å². The first-order chi connectivity index (χ1) is 20.1. The van der Waals surface area contributed by atoms with Crippen LogP contribution in [0.2, 0.25) is 0 Å². The van der Waals surface area contributed by atoms with Crippen molar-refractivity contribution in [3.63, 3.8) is 0 Å². The summed E-state index contributed by atoms with van der Waals surface area (Å²) in [5, 5.41) is 2.61. The Morgan fingerprint density at radius 1 is 0.732 bits per heavy atom. The maximum atomic E-state index is 3.93. The van der Waals surface area contributed by atoms with E-state index in [2.05, 4.69) is 143 Å². The van der Waals surface area contributed by atoms with Gasteiger partial charge < -0.3 is 0 Å². The summed E-state index contributed by atoms with van der Waals surface area (Å²) < 4.78 is 0. The largest absolute Gasteiger partial charge is 0.0720 e. The lowest BCUT2D eigenvalue weighted by Gasteiger charge is -2.21. The van der Waals surface area contributed by atoms with E-state index in [-0.39, 0.29) is 5.92 Å². The minimum atomic E-state index is 0.202. The van der Waals surface area contributed by atoms with Gasteiger partial charge in [0.2, 0.25) is 0 Å². The summed E-state index contributed by atoms with van der Waals surface area (Å²) >= 11 is 0. The Morgan fingerprint density at radius 2 is 1.44 bits per heavy atom. The molecule has 7 rings (SSSR count). The molecular formula is C41H35. The molecule has 0 saturated heterocycles. The molecule has 2 aliphatic carbocycles. The third kappa shape index (κ3) is 4.13. The minimum absolute atomic E-state index is 0.202. The van der Waals surface area contributed by atoms with E-state index in [1.54, 1.807) is 0 Å².